The molecule has 0 spiro atoms. The van der Waals surface area contributed by atoms with E-state index in [1.165, 1.54) is 147 Å². The SMILES string of the molecule is CC(C)OC(=O)[C@H](C)N[P@](=O)(Oc1ccccc1)Oc1c(F)c(F)c(F)c(F)c1F.CNc1nc(N)nc2c1ncn2[C@@H]1O[C@H](CO)[C@@H](O)[C@@]1(C)F.CNc1nc(N)nc2c1ncn2[C@@H]1O[C@H](CO[P@@](=O)(N[C@@H](C)C(=O)OC(C)C)Oc2ccccc2)[C@@H](O)[C@@]1(C)F.C[C@@]1(F)[C@H](OC(=O)c2ccc(Cl)cc2)[C@@H](COC(=O)c2ccc(Cl)cc2)O[C@H]1n1cnc2c(Cl)nc(N)nc21. The normalized spacial score (nSPS) is 23.0. The van der Waals surface area contributed by atoms with Gasteiger partial charge in [0.1, 0.15) is 66.2 Å². The van der Waals surface area contributed by atoms with E-state index in [4.69, 9.17) is 98.7 Å². The number of carbonyl (C=O) groups is 4. The average Bonchev–Trinajstić information content (AvgIpc) is 1.59. The third-order valence-corrected chi connectivity index (χ3v) is 23.4. The second-order valence-electron chi connectivity index (χ2n) is 30.0. The fourth-order valence-corrected chi connectivity index (χ4v) is 16.6. The van der Waals surface area contributed by atoms with E-state index in [9.17, 15) is 70.0 Å². The first-order chi connectivity index (χ1) is 61.7. The molecule has 0 bridgehead atoms. The summed E-state index contributed by atoms with van der Waals surface area (Å²) in [4.78, 5) is 86.7. The molecule has 6 aromatic heterocycles. The number of ether oxygens (including phenoxy) is 7. The van der Waals surface area contributed by atoms with Crippen LogP contribution in [-0.2, 0) is 56.4 Å². The van der Waals surface area contributed by atoms with Crippen LogP contribution in [0.5, 0.6) is 17.2 Å². The number of benzene rings is 5. The van der Waals surface area contributed by atoms with Crippen LogP contribution in [0.2, 0.25) is 15.2 Å². The van der Waals surface area contributed by atoms with Crippen LogP contribution in [0, 0.1) is 29.1 Å². The lowest BCUT2D eigenvalue weighted by Crippen LogP contribution is -2.44. The molecule has 0 saturated carbocycles. The number of aromatic nitrogens is 12. The number of aliphatic hydroxyl groups is 3. The Morgan fingerprint density at radius 3 is 1.32 bits per heavy atom. The highest BCUT2D eigenvalue weighted by Crippen LogP contribution is 2.52. The minimum absolute atomic E-state index is 0.00332. The fraction of sp³-hybridized carbons (Fsp3) is 0.380. The molecule has 704 valence electrons. The number of carbonyl (C=O) groups excluding carboxylic acids is 4. The summed E-state index contributed by atoms with van der Waals surface area (Å²) in [6, 6.07) is 24.6. The molecular weight excluding hydrogens is 1860 g/mol. The Hall–Kier alpha value is -11.6. The van der Waals surface area contributed by atoms with Gasteiger partial charge in [0.15, 0.2) is 86.6 Å². The lowest BCUT2D eigenvalue weighted by atomic mass is 9.98. The standard InChI is InChI=1S/C25H19Cl3FN5O5.C24H33FN7O7P.C18H17F5NO5P.C12H17FN6O3/c1-25(29)18(39-22(36)13-4-8-15(27)9-5-13)16(10-37-21(35)12-2-6-14(26)7-3-12)38-23(25)34-11-31-17-19(28)32-24(30)33-20(17)34;1-13(2)37-21(34)14(3)31-40(35,39-15-9-7-6-8-10-15)36-11-16-18(33)24(4,25)22(38-16)32-12-28-17-19(27-5)29-23(26)30-20(17)32;1-9(2)27-18(25)10(3)24-30(26,28-11-7-5-4-6-8-11)29-17-15(22)13(20)12(19)14(21)16(17)23;1-12(13)7(21)5(3-20)22-10(12)19-4-16-6-8(15-2)17-11(14)18-9(6)19/h2-9,11,16,18,23H,10H2,1H3,(H2,30,32,33);6-10,12-14,16,18,22,33H,11H2,1-5H3,(H,31,35)(H3,26,27,29,30);4-10H,1-3H3,(H,24,26);4-5,7,10,20-21H,3H2,1-2H3,(H3,14,15,17,18)/t16-,18-,23-,25-;14-,16+,18+,22+,24+,40-;10-,30-;5-,7-,10-,12-/m1001/s1. The second kappa shape index (κ2) is 41.5. The molecule has 3 fully saturated rings. The summed E-state index contributed by atoms with van der Waals surface area (Å²) < 4.78 is 206. The molecule has 52 heteroatoms. The number of nitrogens with two attached hydrogens (primary N) is 3. The van der Waals surface area contributed by atoms with E-state index in [1.807, 2.05) is 0 Å². The van der Waals surface area contributed by atoms with E-state index >= 15 is 8.78 Å². The third kappa shape index (κ3) is 22.8. The number of hydrogen-bond acceptors (Lipinski definition) is 34. The van der Waals surface area contributed by atoms with Crippen LogP contribution in [0.4, 0.5) is 64.6 Å². The molecule has 3 aliphatic heterocycles. The number of alkyl halides is 3. The molecule has 0 unspecified atom stereocenters. The van der Waals surface area contributed by atoms with Crippen molar-refractivity contribution >= 4 is 137 Å². The quantitative estimate of drug-likeness (QED) is 0.00414. The highest BCUT2D eigenvalue weighted by atomic mass is 35.5. The Bertz CT molecular complexity index is 6010. The van der Waals surface area contributed by atoms with Gasteiger partial charge in [-0.05, 0) is 135 Å². The van der Waals surface area contributed by atoms with Crippen molar-refractivity contribution in [3.63, 3.8) is 0 Å². The van der Waals surface area contributed by atoms with Crippen molar-refractivity contribution in [3.8, 4) is 17.2 Å². The van der Waals surface area contributed by atoms with Crippen LogP contribution in [-0.4, -0.2) is 210 Å². The number of anilines is 5. The number of nitrogen functional groups attached to an aromatic ring is 3. The first-order valence-electron chi connectivity index (χ1n) is 39.2. The maximum Gasteiger partial charge on any atom is 0.513 e. The number of para-hydroxylation sites is 2. The van der Waals surface area contributed by atoms with Crippen LogP contribution >= 0.6 is 50.3 Å². The fourth-order valence-electron chi connectivity index (χ4n) is 13.1. The summed E-state index contributed by atoms with van der Waals surface area (Å²) in [5, 5.41) is 41.1. The molecule has 16 atom stereocenters. The molecule has 13 N–H and O–H groups in total. The molecule has 11 aromatic rings. The summed E-state index contributed by atoms with van der Waals surface area (Å²) in [6.07, 6.45) is -9.32. The zero-order valence-corrected chi connectivity index (χ0v) is 74.7. The second-order valence-corrected chi connectivity index (χ2v) is 34.6. The van der Waals surface area contributed by atoms with Gasteiger partial charge in [-0.3, -0.25) is 27.8 Å². The van der Waals surface area contributed by atoms with E-state index in [0.29, 0.717) is 32.7 Å². The van der Waals surface area contributed by atoms with E-state index in [2.05, 4.69) is 70.2 Å². The zero-order valence-electron chi connectivity index (χ0n) is 70.7. The van der Waals surface area contributed by atoms with Crippen molar-refractivity contribution in [3.05, 3.63) is 184 Å². The van der Waals surface area contributed by atoms with E-state index in [1.54, 1.807) is 64.3 Å². The van der Waals surface area contributed by atoms with Crippen LogP contribution < -0.4 is 51.6 Å². The molecule has 3 saturated heterocycles. The van der Waals surface area contributed by atoms with Crippen LogP contribution in [0.15, 0.2) is 128 Å². The van der Waals surface area contributed by atoms with Gasteiger partial charge in [-0.2, -0.15) is 48.9 Å². The Morgan fingerprint density at radius 2 is 0.885 bits per heavy atom. The summed E-state index contributed by atoms with van der Waals surface area (Å²) in [5.41, 5.74) is 12.1. The summed E-state index contributed by atoms with van der Waals surface area (Å²) in [7, 11) is -5.92. The van der Waals surface area contributed by atoms with E-state index in [-0.39, 0.29) is 68.1 Å². The van der Waals surface area contributed by atoms with Crippen molar-refractivity contribution in [1.29, 1.82) is 0 Å². The van der Waals surface area contributed by atoms with Crippen molar-refractivity contribution in [2.45, 2.75) is 159 Å². The summed E-state index contributed by atoms with van der Waals surface area (Å²) >= 11 is 17.9. The Balaban J connectivity index is 0.000000172. The van der Waals surface area contributed by atoms with Gasteiger partial charge < -0.3 is 89.9 Å². The maximum atomic E-state index is 16.6. The molecule has 131 heavy (non-hydrogen) atoms. The Morgan fingerprint density at radius 1 is 0.504 bits per heavy atom. The van der Waals surface area contributed by atoms with Crippen molar-refractivity contribution < 1.29 is 130 Å². The molecule has 39 nitrogen and oxygen atoms in total. The molecular formula is C79H86Cl3F8N19O20P2. The highest BCUT2D eigenvalue weighted by molar-refractivity contribution is 7.52. The van der Waals surface area contributed by atoms with Gasteiger partial charge in [0.25, 0.3) is 0 Å². The van der Waals surface area contributed by atoms with Gasteiger partial charge in [0.2, 0.25) is 52.7 Å². The number of aliphatic hydroxyl groups excluding tert-OH is 3. The largest absolute Gasteiger partial charge is 0.513 e. The monoisotopic (exact) mass is 1940 g/mol. The summed E-state index contributed by atoms with van der Waals surface area (Å²) in [6.45, 7) is 11.1. The first kappa shape index (κ1) is 100. The molecule has 9 heterocycles. The predicted molar refractivity (Wildman–Crippen MR) is 455 cm³/mol. The van der Waals surface area contributed by atoms with Gasteiger partial charge in [0, 0.05) is 24.1 Å². The number of imidazole rings is 3. The molecule has 14 rings (SSSR count). The predicted octanol–water partition coefficient (Wildman–Crippen LogP) is 12.0. The molecule has 5 aromatic carbocycles. The zero-order chi connectivity index (χ0) is 95.8. The smallest absolute Gasteiger partial charge is 0.462 e. The van der Waals surface area contributed by atoms with Crippen molar-refractivity contribution in [2.75, 3.05) is 61.8 Å². The highest BCUT2D eigenvalue weighted by Gasteiger charge is 2.60. The van der Waals surface area contributed by atoms with Crippen LogP contribution in [0.25, 0.3) is 33.5 Å². The van der Waals surface area contributed by atoms with Gasteiger partial charge in [0.05, 0.1) is 55.5 Å². The summed E-state index contributed by atoms with van der Waals surface area (Å²) in [5.74, 6) is -16.2. The third-order valence-electron chi connectivity index (χ3n) is 19.4. The van der Waals surface area contributed by atoms with E-state index in [0.717, 1.165) is 6.92 Å². The van der Waals surface area contributed by atoms with E-state index < -0.39 is 191 Å². The van der Waals surface area contributed by atoms with Crippen molar-refractivity contribution in [1.82, 2.24) is 68.7 Å². The first-order valence-corrected chi connectivity index (χ1v) is 43.4. The minimum Gasteiger partial charge on any atom is -0.462 e. The Kier molecular flexibility index (Phi) is 31.7. The number of fused-ring (bicyclic) bond motifs is 3. The van der Waals surface area contributed by atoms with Gasteiger partial charge in [-0.25, -0.2) is 60.0 Å². The lowest BCUT2D eigenvalue weighted by Gasteiger charge is -2.27. The van der Waals surface area contributed by atoms with Gasteiger partial charge in [-0.15, -0.1) is 0 Å². The number of nitrogens with one attached hydrogen (secondary N) is 4. The number of rotatable bonds is 28. The maximum absolute atomic E-state index is 16.6. The minimum atomic E-state index is -4.91. The van der Waals surface area contributed by atoms with Crippen molar-refractivity contribution in [2.24, 2.45) is 0 Å². The van der Waals surface area contributed by atoms with Gasteiger partial charge >= 0.3 is 39.4 Å². The van der Waals surface area contributed by atoms with Crippen LogP contribution in [0.3, 0.4) is 0 Å². The average molecular weight is 1940 g/mol. The molecule has 0 amide bonds. The number of esters is 4. The number of hydrogen-bond donors (Lipinski definition) is 10. The molecule has 3 aliphatic rings. The lowest BCUT2D eigenvalue weighted by molar-refractivity contribution is -0.150. The number of nitrogens with zero attached hydrogens (tertiary/aromatic N) is 12. The molecule has 0 aliphatic carbocycles. The molecule has 0 radical (unpaired) electrons. The van der Waals surface area contributed by atoms with Gasteiger partial charge in [-0.1, -0.05) is 71.2 Å². The Labute approximate surface area is 753 Å². The number of halogens is 11. The van der Waals surface area contributed by atoms with Crippen LogP contribution in [0.1, 0.15) is 102 Å². The topological polar surface area (TPSA) is 522 Å².